The van der Waals surface area contributed by atoms with Crippen molar-refractivity contribution in [3.8, 4) is 0 Å². The lowest BCUT2D eigenvalue weighted by Crippen LogP contribution is -2.55. The molecule has 1 aliphatic rings. The van der Waals surface area contributed by atoms with E-state index in [2.05, 4.69) is 5.10 Å². The van der Waals surface area contributed by atoms with Crippen LogP contribution in [0, 0.1) is 0 Å². The summed E-state index contributed by atoms with van der Waals surface area (Å²) in [5.74, 6) is -13.7. The van der Waals surface area contributed by atoms with Crippen molar-refractivity contribution >= 4 is 29.1 Å². The first kappa shape index (κ1) is 19.6. The van der Waals surface area contributed by atoms with Gasteiger partial charge in [-0.25, -0.2) is 17.6 Å². The molecule has 0 fully saturated rings. The molecule has 2 atom stereocenters. The highest BCUT2D eigenvalue weighted by Crippen LogP contribution is 2.51. The zero-order valence-electron chi connectivity index (χ0n) is 11.6. The van der Waals surface area contributed by atoms with Crippen molar-refractivity contribution < 1.29 is 35.5 Å². The van der Waals surface area contributed by atoms with Crippen LogP contribution in [0.25, 0.3) is 0 Å². The molecule has 1 amide bonds. The Labute approximate surface area is 144 Å². The number of carbonyl (C=O) groups is 1. The van der Waals surface area contributed by atoms with Crippen LogP contribution in [0.5, 0.6) is 0 Å². The van der Waals surface area contributed by atoms with E-state index in [1.165, 1.54) is 0 Å². The highest BCUT2D eigenvalue weighted by atomic mass is 35.5. The Morgan fingerprint density at radius 3 is 2.36 bits per heavy atom. The predicted octanol–water partition coefficient (Wildman–Crippen LogP) is 3.96. The van der Waals surface area contributed by atoms with Crippen LogP contribution in [0.2, 0.25) is 0 Å². The minimum Gasteiger partial charge on any atom is -0.314 e. The van der Waals surface area contributed by atoms with Crippen molar-refractivity contribution in [2.45, 2.75) is 22.8 Å². The van der Waals surface area contributed by atoms with Crippen LogP contribution in [0.15, 0.2) is 41.5 Å². The highest BCUT2D eigenvalue weighted by Gasteiger charge is 2.60. The van der Waals surface area contributed by atoms with Gasteiger partial charge in [0.2, 0.25) is 0 Å². The molecule has 0 spiro atoms. The van der Waals surface area contributed by atoms with Crippen molar-refractivity contribution in [3.05, 3.63) is 41.5 Å². The molecule has 0 radical (unpaired) electrons. The molecule has 1 heterocycles. The van der Waals surface area contributed by atoms with E-state index in [0.717, 1.165) is 23.8 Å². The molecule has 1 aromatic heterocycles. The number of hydrogen-bond donors (Lipinski definition) is 1. The number of allylic oxidation sites excluding steroid dienone is 2. The molecule has 1 aromatic rings. The van der Waals surface area contributed by atoms with Gasteiger partial charge in [0.25, 0.3) is 11.7 Å². The Kier molecular flexibility index (Phi) is 5.11. The molecule has 0 saturated heterocycles. The summed E-state index contributed by atoms with van der Waals surface area (Å²) in [5, 5.41) is 4.47. The Morgan fingerprint density at radius 2 is 1.92 bits per heavy atom. The predicted molar refractivity (Wildman–Crippen MR) is 72.2 cm³/mol. The van der Waals surface area contributed by atoms with E-state index < -0.39 is 51.8 Å². The van der Waals surface area contributed by atoms with Gasteiger partial charge in [-0.1, -0.05) is 23.2 Å². The second-order valence-electron chi connectivity index (χ2n) is 4.74. The van der Waals surface area contributed by atoms with Gasteiger partial charge in [-0.15, -0.1) is 0 Å². The van der Waals surface area contributed by atoms with E-state index in [0.29, 0.717) is 4.68 Å². The largest absolute Gasteiger partial charge is 0.422 e. The van der Waals surface area contributed by atoms with Crippen LogP contribution >= 0.6 is 23.2 Å². The summed E-state index contributed by atoms with van der Waals surface area (Å²) in [6.07, 6.45) is -4.02. The van der Waals surface area contributed by atoms with Gasteiger partial charge in [0.05, 0.1) is 0 Å². The zero-order chi connectivity index (χ0) is 19.2. The van der Waals surface area contributed by atoms with E-state index in [1.54, 1.807) is 0 Å². The minimum absolute atomic E-state index is 0.291. The molecule has 0 saturated carbocycles. The molecule has 1 N–H and O–H groups in total. The number of carbonyl (C=O) groups excluding carboxylic acids is 1. The number of hydrogen-bond acceptors (Lipinski definition) is 2. The Hall–Kier alpha value is -1.75. The maximum atomic E-state index is 15.1. The van der Waals surface area contributed by atoms with Crippen molar-refractivity contribution in [2.24, 2.45) is 0 Å². The third-order valence-corrected chi connectivity index (χ3v) is 3.56. The summed E-state index contributed by atoms with van der Waals surface area (Å²) < 4.78 is 96.2. The lowest BCUT2D eigenvalue weighted by atomic mass is 9.91. The van der Waals surface area contributed by atoms with Crippen molar-refractivity contribution in [3.63, 3.8) is 0 Å². The highest BCUT2D eigenvalue weighted by molar-refractivity contribution is 6.53. The molecule has 2 unspecified atom stereocenters. The smallest absolute Gasteiger partial charge is 0.314 e. The van der Waals surface area contributed by atoms with E-state index in [4.69, 9.17) is 23.2 Å². The fraction of sp³-hybridized carbons (Fsp3) is 0.333. The topological polar surface area (TPSA) is 46.9 Å². The lowest BCUT2D eigenvalue weighted by Gasteiger charge is -2.36. The van der Waals surface area contributed by atoms with Crippen LogP contribution in [0.3, 0.4) is 0 Å². The molecule has 1 aliphatic carbocycles. The Balaban J connectivity index is 2.72. The number of amides is 1. The molecule has 4 nitrogen and oxygen atoms in total. The van der Waals surface area contributed by atoms with Crippen LogP contribution < -0.4 is 5.32 Å². The van der Waals surface area contributed by atoms with Crippen LogP contribution in [-0.2, 0) is 4.79 Å². The summed E-state index contributed by atoms with van der Waals surface area (Å²) in [4.78, 5) is 9.45. The Morgan fingerprint density at radius 1 is 1.32 bits per heavy atom. The van der Waals surface area contributed by atoms with E-state index in [-0.39, 0.29) is 0 Å². The summed E-state index contributed by atoms with van der Waals surface area (Å²) >= 11 is 10.3. The van der Waals surface area contributed by atoms with Gasteiger partial charge in [-0.3, -0.25) is 9.48 Å². The number of rotatable bonds is 3. The molecule has 2 rings (SSSR count). The quantitative estimate of drug-likeness (QED) is 0.464. The minimum atomic E-state index is -5.79. The third kappa shape index (κ3) is 3.34. The number of nitrogens with zero attached hydrogens (tertiary/aromatic N) is 2. The fourth-order valence-corrected chi connectivity index (χ4v) is 2.26. The van der Waals surface area contributed by atoms with E-state index in [1.807, 2.05) is 0 Å². The van der Waals surface area contributed by atoms with Gasteiger partial charge in [0.15, 0.2) is 28.4 Å². The molecular weight excluding hydrogens is 406 g/mol. The Bertz CT molecular complexity index is 744. The molecule has 0 aliphatic heterocycles. The number of aromatic nitrogens is 2. The van der Waals surface area contributed by atoms with Gasteiger partial charge in [-0.2, -0.15) is 18.3 Å². The summed E-state index contributed by atoms with van der Waals surface area (Å²) in [7, 11) is 0. The number of alkyl halides is 6. The van der Waals surface area contributed by atoms with Gasteiger partial charge in [0, 0.05) is 12.4 Å². The molecular formula is C12H6Cl2F7N3O. The van der Waals surface area contributed by atoms with Crippen molar-refractivity contribution in [2.75, 3.05) is 0 Å². The normalized spacial score (nSPS) is 25.0. The third-order valence-electron chi connectivity index (χ3n) is 3.16. The van der Waals surface area contributed by atoms with Crippen LogP contribution in [0.1, 0.15) is 6.04 Å². The SMILES string of the molecule is O=C(NC1(F)C(F)=C(C(F)(F)F)C(F)=C(F)C1n1cccn1)C(Cl)Cl. The molecule has 138 valence electrons. The molecule has 25 heavy (non-hydrogen) atoms. The molecule has 13 heteroatoms. The van der Waals surface area contributed by atoms with Gasteiger partial charge in [0.1, 0.15) is 5.57 Å². The molecule has 0 aromatic carbocycles. The first-order valence-corrected chi connectivity index (χ1v) is 7.09. The molecule has 0 bridgehead atoms. The number of nitrogens with one attached hydrogen (secondary N) is 1. The van der Waals surface area contributed by atoms with Gasteiger partial charge >= 0.3 is 6.18 Å². The standard InChI is InChI=1S/C12H6Cl2F7N3O/c13-9(14)10(25)23-11(18)7(17)4(12(19,20)21)5(15)6(16)8(11)24-3-1-2-22-24/h1-3,8-9H,(H,23,25). The first-order valence-electron chi connectivity index (χ1n) is 6.22. The summed E-state index contributed by atoms with van der Waals surface area (Å²) in [6, 6.07) is -1.65. The van der Waals surface area contributed by atoms with Crippen molar-refractivity contribution in [1.82, 2.24) is 15.1 Å². The summed E-state index contributed by atoms with van der Waals surface area (Å²) in [6.45, 7) is 0. The van der Waals surface area contributed by atoms with E-state index >= 15 is 4.39 Å². The average molecular weight is 412 g/mol. The second-order valence-corrected chi connectivity index (χ2v) is 5.84. The second kappa shape index (κ2) is 6.52. The first-order chi connectivity index (χ1) is 11.4. The maximum Gasteiger partial charge on any atom is 0.422 e. The summed E-state index contributed by atoms with van der Waals surface area (Å²) in [5.41, 5.74) is -2.84. The average Bonchev–Trinajstić information content (AvgIpc) is 2.98. The lowest BCUT2D eigenvalue weighted by molar-refractivity contribution is -0.126. The van der Waals surface area contributed by atoms with Crippen LogP contribution in [-0.4, -0.2) is 32.5 Å². The van der Waals surface area contributed by atoms with Gasteiger partial charge < -0.3 is 5.32 Å². The van der Waals surface area contributed by atoms with Crippen LogP contribution in [0.4, 0.5) is 30.7 Å². The van der Waals surface area contributed by atoms with E-state index in [9.17, 15) is 31.1 Å². The fourth-order valence-electron chi connectivity index (χ4n) is 2.15. The number of halogens is 9. The van der Waals surface area contributed by atoms with Crippen molar-refractivity contribution in [1.29, 1.82) is 0 Å². The monoisotopic (exact) mass is 411 g/mol. The maximum absolute atomic E-state index is 15.1. The van der Waals surface area contributed by atoms with Gasteiger partial charge in [-0.05, 0) is 6.07 Å². The zero-order valence-corrected chi connectivity index (χ0v) is 13.1.